The van der Waals surface area contributed by atoms with Gasteiger partial charge in [0.05, 0.1) is 0 Å². The van der Waals surface area contributed by atoms with Gasteiger partial charge in [-0.05, 0) is 5.56 Å². The third kappa shape index (κ3) is 2.30. The van der Waals surface area contributed by atoms with Gasteiger partial charge >= 0.3 is 5.69 Å². The van der Waals surface area contributed by atoms with E-state index in [0.717, 1.165) is 5.75 Å². The quantitative estimate of drug-likeness (QED) is 0.797. The van der Waals surface area contributed by atoms with Gasteiger partial charge in [-0.15, -0.1) is 5.10 Å². The first-order chi connectivity index (χ1) is 7.27. The highest BCUT2D eigenvalue weighted by atomic mass is 32.2. The maximum absolute atomic E-state index is 11.1. The number of benzene rings is 1. The van der Waals surface area contributed by atoms with E-state index in [1.54, 1.807) is 18.8 Å². The van der Waals surface area contributed by atoms with E-state index >= 15 is 0 Å². The van der Waals surface area contributed by atoms with Crippen LogP contribution in [0.1, 0.15) is 5.56 Å². The molecule has 0 saturated heterocycles. The standard InChI is InChI=1S/C10H11N3OS/c1-13-9(14)11-12-10(13)15-7-8-5-3-2-4-6-8/h2-6H,7H2,1H3,(H,11,14). The Kier molecular flexibility index (Phi) is 2.91. The molecule has 0 bridgehead atoms. The zero-order chi connectivity index (χ0) is 10.7. The zero-order valence-corrected chi connectivity index (χ0v) is 9.12. The van der Waals surface area contributed by atoms with E-state index < -0.39 is 0 Å². The molecular weight excluding hydrogens is 210 g/mol. The fourth-order valence-electron chi connectivity index (χ4n) is 1.18. The average molecular weight is 221 g/mol. The molecule has 0 spiro atoms. The van der Waals surface area contributed by atoms with Crippen molar-refractivity contribution in [1.82, 2.24) is 14.8 Å². The molecule has 5 heteroatoms. The van der Waals surface area contributed by atoms with Crippen LogP contribution >= 0.6 is 11.8 Å². The molecule has 4 nitrogen and oxygen atoms in total. The molecule has 1 aromatic heterocycles. The van der Waals surface area contributed by atoms with E-state index in [9.17, 15) is 4.79 Å². The van der Waals surface area contributed by atoms with Crippen LogP contribution < -0.4 is 5.69 Å². The number of thioether (sulfide) groups is 1. The lowest BCUT2D eigenvalue weighted by molar-refractivity contribution is 0.766. The van der Waals surface area contributed by atoms with Gasteiger partial charge in [0.15, 0.2) is 5.16 Å². The first kappa shape index (κ1) is 10.0. The van der Waals surface area contributed by atoms with E-state index in [1.165, 1.54) is 10.1 Å². The Morgan fingerprint density at radius 2 is 2.13 bits per heavy atom. The number of hydrogen-bond acceptors (Lipinski definition) is 3. The minimum Gasteiger partial charge on any atom is -0.273 e. The maximum Gasteiger partial charge on any atom is 0.343 e. The van der Waals surface area contributed by atoms with E-state index in [2.05, 4.69) is 22.3 Å². The summed E-state index contributed by atoms with van der Waals surface area (Å²) in [6.45, 7) is 0. The van der Waals surface area contributed by atoms with Crippen molar-refractivity contribution in [2.75, 3.05) is 0 Å². The molecule has 0 aliphatic heterocycles. The van der Waals surface area contributed by atoms with E-state index in [0.29, 0.717) is 5.16 Å². The van der Waals surface area contributed by atoms with Crippen molar-refractivity contribution in [3.8, 4) is 0 Å². The van der Waals surface area contributed by atoms with E-state index in [4.69, 9.17) is 0 Å². The second kappa shape index (κ2) is 4.35. The number of aromatic amines is 1. The number of aromatic nitrogens is 3. The summed E-state index contributed by atoms with van der Waals surface area (Å²) >= 11 is 1.54. The highest BCUT2D eigenvalue weighted by Gasteiger charge is 2.04. The summed E-state index contributed by atoms with van der Waals surface area (Å²) in [6, 6.07) is 10.1. The number of nitrogens with one attached hydrogen (secondary N) is 1. The van der Waals surface area contributed by atoms with Crippen LogP contribution in [0, 0.1) is 0 Å². The molecule has 0 atom stereocenters. The predicted molar refractivity (Wildman–Crippen MR) is 59.8 cm³/mol. The molecule has 0 unspecified atom stereocenters. The largest absolute Gasteiger partial charge is 0.343 e. The predicted octanol–water partition coefficient (Wildman–Crippen LogP) is 1.40. The molecule has 0 fully saturated rings. The molecular formula is C10H11N3OS. The number of H-pyrrole nitrogens is 1. The van der Waals surface area contributed by atoms with Crippen LogP contribution in [0.3, 0.4) is 0 Å². The number of nitrogens with zero attached hydrogens (tertiary/aromatic N) is 2. The highest BCUT2D eigenvalue weighted by molar-refractivity contribution is 7.98. The summed E-state index contributed by atoms with van der Waals surface area (Å²) in [5.41, 5.74) is 1.04. The second-order valence-electron chi connectivity index (χ2n) is 3.14. The summed E-state index contributed by atoms with van der Waals surface area (Å²) in [4.78, 5) is 11.1. The van der Waals surface area contributed by atoms with Crippen molar-refractivity contribution in [3.05, 3.63) is 46.4 Å². The third-order valence-electron chi connectivity index (χ3n) is 2.05. The molecule has 15 heavy (non-hydrogen) atoms. The summed E-state index contributed by atoms with van der Waals surface area (Å²) < 4.78 is 1.51. The van der Waals surface area contributed by atoms with Crippen molar-refractivity contribution in [3.63, 3.8) is 0 Å². The van der Waals surface area contributed by atoms with Gasteiger partial charge in [-0.25, -0.2) is 9.89 Å². The topological polar surface area (TPSA) is 50.7 Å². The fraction of sp³-hybridized carbons (Fsp3) is 0.200. The Hall–Kier alpha value is -1.49. The van der Waals surface area contributed by atoms with Gasteiger partial charge in [0.2, 0.25) is 0 Å². The first-order valence-electron chi connectivity index (χ1n) is 4.55. The zero-order valence-electron chi connectivity index (χ0n) is 8.30. The van der Waals surface area contributed by atoms with Crippen LogP contribution in [0.5, 0.6) is 0 Å². The van der Waals surface area contributed by atoms with Crippen molar-refractivity contribution >= 4 is 11.8 Å². The molecule has 0 radical (unpaired) electrons. The normalized spacial score (nSPS) is 10.5. The van der Waals surface area contributed by atoms with Crippen molar-refractivity contribution < 1.29 is 0 Å². The lowest BCUT2D eigenvalue weighted by Crippen LogP contribution is -2.12. The molecule has 0 aliphatic rings. The van der Waals surface area contributed by atoms with Crippen LogP contribution in [0.4, 0.5) is 0 Å². The van der Waals surface area contributed by atoms with Crippen LogP contribution in [0.25, 0.3) is 0 Å². The number of hydrogen-bond donors (Lipinski definition) is 1. The molecule has 1 aromatic carbocycles. The van der Waals surface area contributed by atoms with Gasteiger partial charge < -0.3 is 0 Å². The molecule has 2 aromatic rings. The fourth-order valence-corrected chi connectivity index (χ4v) is 2.06. The van der Waals surface area contributed by atoms with Gasteiger partial charge in [0, 0.05) is 12.8 Å². The second-order valence-corrected chi connectivity index (χ2v) is 4.09. The van der Waals surface area contributed by atoms with E-state index in [1.807, 2.05) is 18.2 Å². The Bertz CT molecular complexity index is 489. The summed E-state index contributed by atoms with van der Waals surface area (Å²) in [5, 5.41) is 7.04. The average Bonchev–Trinajstić information content (AvgIpc) is 2.59. The van der Waals surface area contributed by atoms with Crippen molar-refractivity contribution in [2.24, 2.45) is 7.05 Å². The minimum absolute atomic E-state index is 0.175. The Morgan fingerprint density at radius 1 is 1.40 bits per heavy atom. The molecule has 0 aliphatic carbocycles. The molecule has 1 N–H and O–H groups in total. The Balaban J connectivity index is 2.06. The lowest BCUT2D eigenvalue weighted by Gasteiger charge is -1.99. The molecule has 0 amide bonds. The Morgan fingerprint density at radius 3 is 2.73 bits per heavy atom. The highest BCUT2D eigenvalue weighted by Crippen LogP contribution is 2.18. The van der Waals surface area contributed by atoms with Gasteiger partial charge in [-0.3, -0.25) is 4.57 Å². The first-order valence-corrected chi connectivity index (χ1v) is 5.54. The molecule has 78 valence electrons. The van der Waals surface area contributed by atoms with Crippen molar-refractivity contribution in [1.29, 1.82) is 0 Å². The summed E-state index contributed by atoms with van der Waals surface area (Å²) in [6.07, 6.45) is 0. The SMILES string of the molecule is Cn1c(SCc2ccccc2)n[nH]c1=O. The van der Waals surface area contributed by atoms with Gasteiger partial charge in [0.1, 0.15) is 0 Å². The van der Waals surface area contributed by atoms with Gasteiger partial charge in [-0.1, -0.05) is 42.1 Å². The Labute approximate surface area is 91.3 Å². The van der Waals surface area contributed by atoms with Crippen LogP contribution in [0.2, 0.25) is 0 Å². The van der Waals surface area contributed by atoms with Crippen molar-refractivity contribution in [2.45, 2.75) is 10.9 Å². The molecule has 0 saturated carbocycles. The van der Waals surface area contributed by atoms with Gasteiger partial charge in [0.25, 0.3) is 0 Å². The van der Waals surface area contributed by atoms with Crippen LogP contribution in [-0.2, 0) is 12.8 Å². The van der Waals surface area contributed by atoms with E-state index in [-0.39, 0.29) is 5.69 Å². The number of rotatable bonds is 3. The smallest absolute Gasteiger partial charge is 0.273 e. The summed E-state index contributed by atoms with van der Waals surface area (Å²) in [5.74, 6) is 0.818. The molecule has 1 heterocycles. The lowest BCUT2D eigenvalue weighted by atomic mass is 10.2. The maximum atomic E-state index is 11.1. The monoisotopic (exact) mass is 221 g/mol. The summed E-state index contributed by atoms with van der Waals surface area (Å²) in [7, 11) is 1.71. The molecule has 2 rings (SSSR count). The van der Waals surface area contributed by atoms with Crippen LogP contribution in [-0.4, -0.2) is 14.8 Å². The van der Waals surface area contributed by atoms with Gasteiger partial charge in [-0.2, -0.15) is 0 Å². The minimum atomic E-state index is -0.175. The third-order valence-corrected chi connectivity index (χ3v) is 3.15. The van der Waals surface area contributed by atoms with Crippen LogP contribution in [0.15, 0.2) is 40.3 Å².